The highest BCUT2D eigenvalue weighted by molar-refractivity contribution is 6.32. The van der Waals surface area contributed by atoms with Gasteiger partial charge in [-0.25, -0.2) is 19.4 Å². The molecule has 0 radical (unpaired) electrons. The highest BCUT2D eigenvalue weighted by Crippen LogP contribution is 2.63. The number of carbonyl (C=O) groups excluding carboxylic acids is 3. The summed E-state index contributed by atoms with van der Waals surface area (Å²) in [5.74, 6) is -4.13. The number of esters is 3. The van der Waals surface area contributed by atoms with E-state index in [4.69, 9.17) is 40.3 Å². The molecular formula is C40H27ClO11. The van der Waals surface area contributed by atoms with Crippen LogP contribution in [-0.4, -0.2) is 35.1 Å². The van der Waals surface area contributed by atoms with Gasteiger partial charge in [0.25, 0.3) is 0 Å². The van der Waals surface area contributed by atoms with Crippen molar-refractivity contribution in [2.45, 2.75) is 43.7 Å². The van der Waals surface area contributed by atoms with Crippen LogP contribution < -0.4 is 9.47 Å². The summed E-state index contributed by atoms with van der Waals surface area (Å²) in [4.78, 5) is 63.9. The quantitative estimate of drug-likeness (QED) is 0.105. The molecule has 0 saturated heterocycles. The first-order chi connectivity index (χ1) is 24.9. The number of carboxylic acids is 1. The number of hydrogen-bond donors (Lipinski definition) is 1. The van der Waals surface area contributed by atoms with Crippen molar-refractivity contribution in [1.82, 2.24) is 0 Å². The molecule has 4 heterocycles. The summed E-state index contributed by atoms with van der Waals surface area (Å²) < 4.78 is 24.2. The largest absolute Gasteiger partial charge is 0.478 e. The van der Waals surface area contributed by atoms with Crippen LogP contribution in [-0.2, 0) is 45.6 Å². The van der Waals surface area contributed by atoms with Crippen molar-refractivity contribution in [3.05, 3.63) is 152 Å². The molecule has 1 spiro atoms. The molecule has 0 aromatic heterocycles. The predicted molar refractivity (Wildman–Crippen MR) is 180 cm³/mol. The van der Waals surface area contributed by atoms with Gasteiger partial charge in [0.05, 0.1) is 22.1 Å². The number of benzene rings is 4. The second-order valence-electron chi connectivity index (χ2n) is 13.3. The van der Waals surface area contributed by atoms with E-state index in [0.717, 1.165) is 22.3 Å². The first kappa shape index (κ1) is 32.2. The Morgan fingerprint density at radius 1 is 0.808 bits per heavy atom. The molecule has 260 valence electrons. The number of fused-ring (bicyclic) bond motifs is 7. The summed E-state index contributed by atoms with van der Waals surface area (Å²) in [6, 6.07) is 22.7. The Morgan fingerprint density at radius 2 is 1.46 bits per heavy atom. The second kappa shape index (κ2) is 10.9. The lowest BCUT2D eigenvalue weighted by molar-refractivity contribution is -0.417. The van der Waals surface area contributed by atoms with Crippen molar-refractivity contribution in [3.63, 3.8) is 0 Å². The molecule has 3 atom stereocenters. The van der Waals surface area contributed by atoms with E-state index in [0.29, 0.717) is 5.57 Å². The number of carboxylic acid groups (broad SMARTS) is 1. The minimum Gasteiger partial charge on any atom is -0.478 e. The lowest BCUT2D eigenvalue weighted by Crippen LogP contribution is -2.55. The minimum atomic E-state index is -1.77. The highest BCUT2D eigenvalue weighted by atomic mass is 35.5. The molecule has 10 rings (SSSR count). The van der Waals surface area contributed by atoms with Crippen molar-refractivity contribution in [3.8, 4) is 11.5 Å². The predicted octanol–water partition coefficient (Wildman–Crippen LogP) is 6.62. The zero-order valence-electron chi connectivity index (χ0n) is 27.7. The van der Waals surface area contributed by atoms with Crippen molar-refractivity contribution >= 4 is 35.5 Å². The van der Waals surface area contributed by atoms with E-state index in [1.54, 1.807) is 18.2 Å². The van der Waals surface area contributed by atoms with Gasteiger partial charge in [-0.2, -0.15) is 0 Å². The van der Waals surface area contributed by atoms with Gasteiger partial charge in [-0.05, 0) is 36.3 Å². The van der Waals surface area contributed by atoms with Crippen molar-refractivity contribution < 1.29 is 53.0 Å². The minimum absolute atomic E-state index is 0.0121. The Labute approximate surface area is 300 Å². The normalized spacial score (nSPS) is 27.0. The maximum atomic E-state index is 13.9. The fourth-order valence-electron chi connectivity index (χ4n) is 8.48. The number of aromatic carboxylic acids is 1. The number of ether oxygens (including phenoxy) is 4. The number of halogens is 1. The molecule has 3 unspecified atom stereocenters. The molecule has 11 nitrogen and oxygen atoms in total. The summed E-state index contributed by atoms with van der Waals surface area (Å²) in [6.07, 6.45) is 2.28. The van der Waals surface area contributed by atoms with Gasteiger partial charge in [-0.1, -0.05) is 78.3 Å². The smallest absolute Gasteiger partial charge is 0.340 e. The summed E-state index contributed by atoms with van der Waals surface area (Å²) in [7, 11) is 0. The third-order valence-corrected chi connectivity index (χ3v) is 10.8. The van der Waals surface area contributed by atoms with Crippen LogP contribution in [0.5, 0.6) is 11.5 Å². The Balaban J connectivity index is 1.37. The summed E-state index contributed by atoms with van der Waals surface area (Å²) >= 11 is 6.70. The Hall–Kier alpha value is -5.75. The molecule has 0 amide bonds. The van der Waals surface area contributed by atoms with Gasteiger partial charge in [0.1, 0.15) is 17.6 Å². The van der Waals surface area contributed by atoms with E-state index >= 15 is 0 Å². The van der Waals surface area contributed by atoms with Gasteiger partial charge >= 0.3 is 23.9 Å². The molecule has 4 aromatic rings. The lowest BCUT2D eigenvalue weighted by atomic mass is 9.61. The van der Waals surface area contributed by atoms with Crippen LogP contribution in [0.2, 0.25) is 5.02 Å². The molecule has 1 N–H and O–H groups in total. The summed E-state index contributed by atoms with van der Waals surface area (Å²) in [6.45, 7) is 4.43. The van der Waals surface area contributed by atoms with E-state index in [1.807, 2.05) is 55.5 Å². The average molecular weight is 719 g/mol. The van der Waals surface area contributed by atoms with Crippen molar-refractivity contribution in [2.75, 3.05) is 0 Å². The molecule has 2 bridgehead atoms. The molecule has 0 saturated carbocycles. The zero-order chi connectivity index (χ0) is 36.3. The van der Waals surface area contributed by atoms with Crippen LogP contribution in [0.15, 0.2) is 102 Å². The topological polar surface area (TPSA) is 144 Å². The van der Waals surface area contributed by atoms with Crippen LogP contribution in [0.25, 0.3) is 0 Å². The van der Waals surface area contributed by atoms with E-state index in [1.165, 1.54) is 38.1 Å². The third kappa shape index (κ3) is 4.09. The first-order valence-electron chi connectivity index (χ1n) is 16.4. The number of rotatable bonds is 4. The highest BCUT2D eigenvalue weighted by Gasteiger charge is 2.64. The lowest BCUT2D eigenvalue weighted by Gasteiger charge is -2.54. The van der Waals surface area contributed by atoms with Gasteiger partial charge in [0, 0.05) is 47.7 Å². The summed E-state index contributed by atoms with van der Waals surface area (Å²) in [5, 5.41) is 10.2. The van der Waals surface area contributed by atoms with E-state index in [-0.39, 0.29) is 44.5 Å². The second-order valence-corrected chi connectivity index (χ2v) is 13.7. The van der Waals surface area contributed by atoms with Crippen LogP contribution in [0.3, 0.4) is 0 Å². The SMILES string of the molecule is CC(=O)Oc1cc2c(cc1Cl)C1(OC(=O)c3c(C(=O)O)cccc31)C1C=C(C34OOC(C)(c5ccccc53)c3ccccc34)C(OC(C)=O)C=C1O2. The zero-order valence-corrected chi connectivity index (χ0v) is 28.5. The summed E-state index contributed by atoms with van der Waals surface area (Å²) in [5.41, 5.74) is -0.486. The molecular weight excluding hydrogens is 692 g/mol. The fraction of sp³-hybridized carbons (Fsp3) is 0.200. The number of hydrogen-bond acceptors (Lipinski definition) is 10. The molecule has 12 heteroatoms. The van der Waals surface area contributed by atoms with Gasteiger partial charge < -0.3 is 24.1 Å². The van der Waals surface area contributed by atoms with Crippen molar-refractivity contribution in [1.29, 1.82) is 0 Å². The maximum absolute atomic E-state index is 13.9. The van der Waals surface area contributed by atoms with E-state index < -0.39 is 52.7 Å². The maximum Gasteiger partial charge on any atom is 0.340 e. The average Bonchev–Trinajstić information content (AvgIpc) is 3.41. The van der Waals surface area contributed by atoms with Crippen LogP contribution in [0, 0.1) is 5.92 Å². The van der Waals surface area contributed by atoms with Crippen molar-refractivity contribution in [2.24, 2.45) is 5.92 Å². The van der Waals surface area contributed by atoms with Gasteiger partial charge in [0.2, 0.25) is 0 Å². The standard InChI is InChI=1S/C40H27ClO11/c1-19(42)47-31-17-32-27(15-28(31)40-24-12-6-4-10-22(24)38(3,51-52-40)23-11-5-7-13-25(23)40)39(26-14-8-9-21(36(44)45)35(26)37(46)50-39)29-16-30(41)34(48-20(2)43)18-33(29)49-32/h4-18,27,31H,1-3H3,(H,44,45). The molecule has 6 aliphatic rings. The van der Waals surface area contributed by atoms with E-state index in [2.05, 4.69) is 0 Å². The molecule has 0 fully saturated rings. The van der Waals surface area contributed by atoms with Crippen LogP contribution in [0.4, 0.5) is 0 Å². The van der Waals surface area contributed by atoms with Crippen LogP contribution >= 0.6 is 11.6 Å². The number of carbonyl (C=O) groups is 4. The monoisotopic (exact) mass is 718 g/mol. The first-order valence-corrected chi connectivity index (χ1v) is 16.8. The van der Waals surface area contributed by atoms with E-state index in [9.17, 15) is 24.3 Å². The molecule has 4 aliphatic heterocycles. The third-order valence-electron chi connectivity index (χ3n) is 10.5. The molecule has 2 aliphatic carbocycles. The Morgan fingerprint density at radius 3 is 2.10 bits per heavy atom. The Bertz CT molecular complexity index is 2340. The Kier molecular flexibility index (Phi) is 6.73. The van der Waals surface area contributed by atoms with Gasteiger partial charge in [-0.15, -0.1) is 0 Å². The molecule has 4 aromatic carbocycles. The molecule has 52 heavy (non-hydrogen) atoms. The van der Waals surface area contributed by atoms with Gasteiger partial charge in [0.15, 0.2) is 22.6 Å². The fourth-order valence-corrected chi connectivity index (χ4v) is 8.68. The van der Waals surface area contributed by atoms with Gasteiger partial charge in [-0.3, -0.25) is 9.59 Å². The van der Waals surface area contributed by atoms with Crippen LogP contribution in [0.1, 0.15) is 74.9 Å².